The van der Waals surface area contributed by atoms with E-state index in [1.165, 1.54) is 35.6 Å². The summed E-state index contributed by atoms with van der Waals surface area (Å²) >= 11 is 13.1. The van der Waals surface area contributed by atoms with Gasteiger partial charge in [0.05, 0.1) is 5.02 Å². The van der Waals surface area contributed by atoms with Gasteiger partial charge in [0.15, 0.2) is 5.01 Å². The van der Waals surface area contributed by atoms with Crippen LogP contribution >= 0.6 is 34.5 Å². The van der Waals surface area contributed by atoms with Gasteiger partial charge in [0.2, 0.25) is 5.13 Å². The molecule has 2 amide bonds. The molecule has 5 nitrogen and oxygen atoms in total. The van der Waals surface area contributed by atoms with Gasteiger partial charge < -0.3 is 5.32 Å². The SMILES string of the molecule is O=C(Nc1ccc(F)cc1)Nc1nnc(-c2ccc(Cl)cc2Cl)s1. The van der Waals surface area contributed by atoms with Crippen LogP contribution < -0.4 is 10.6 Å². The molecule has 122 valence electrons. The van der Waals surface area contributed by atoms with Crippen molar-refractivity contribution in [3.63, 3.8) is 0 Å². The molecule has 24 heavy (non-hydrogen) atoms. The number of rotatable bonds is 3. The average molecular weight is 383 g/mol. The van der Waals surface area contributed by atoms with E-state index in [0.29, 0.717) is 31.4 Å². The number of amides is 2. The zero-order valence-corrected chi connectivity index (χ0v) is 14.2. The van der Waals surface area contributed by atoms with Gasteiger partial charge in [-0.05, 0) is 42.5 Å². The Morgan fingerprint density at radius 3 is 2.50 bits per heavy atom. The van der Waals surface area contributed by atoms with Crippen LogP contribution in [0.3, 0.4) is 0 Å². The predicted octanol–water partition coefficient (Wildman–Crippen LogP) is 5.30. The van der Waals surface area contributed by atoms with Crippen LogP contribution in [0.4, 0.5) is 20.0 Å². The van der Waals surface area contributed by atoms with Crippen LogP contribution in [0.2, 0.25) is 10.0 Å². The molecule has 2 N–H and O–H groups in total. The number of halogens is 3. The van der Waals surface area contributed by atoms with Crippen LogP contribution in [0.5, 0.6) is 0 Å². The Morgan fingerprint density at radius 1 is 1.04 bits per heavy atom. The molecule has 0 aliphatic rings. The number of urea groups is 1. The lowest BCUT2D eigenvalue weighted by Gasteiger charge is -2.04. The third-order valence-electron chi connectivity index (χ3n) is 2.91. The molecular weight excluding hydrogens is 374 g/mol. The molecule has 1 heterocycles. The van der Waals surface area contributed by atoms with E-state index in [1.54, 1.807) is 18.2 Å². The van der Waals surface area contributed by atoms with E-state index in [-0.39, 0.29) is 5.82 Å². The third kappa shape index (κ3) is 4.00. The Morgan fingerprint density at radius 2 is 1.79 bits per heavy atom. The molecular formula is C15H9Cl2FN4OS. The highest BCUT2D eigenvalue weighted by Gasteiger charge is 2.12. The predicted molar refractivity (Wildman–Crippen MR) is 94.4 cm³/mol. The van der Waals surface area contributed by atoms with E-state index < -0.39 is 6.03 Å². The molecule has 0 aliphatic carbocycles. The number of nitrogens with zero attached hydrogens (tertiary/aromatic N) is 2. The Kier molecular flexibility index (Phi) is 4.94. The Balaban J connectivity index is 1.69. The van der Waals surface area contributed by atoms with E-state index in [2.05, 4.69) is 20.8 Å². The van der Waals surface area contributed by atoms with Gasteiger partial charge in [-0.25, -0.2) is 9.18 Å². The van der Waals surface area contributed by atoms with E-state index in [0.717, 1.165) is 0 Å². The first-order chi connectivity index (χ1) is 11.5. The van der Waals surface area contributed by atoms with Gasteiger partial charge >= 0.3 is 6.03 Å². The minimum atomic E-state index is -0.508. The topological polar surface area (TPSA) is 66.9 Å². The van der Waals surface area contributed by atoms with Crippen molar-refractivity contribution in [1.82, 2.24) is 10.2 Å². The highest BCUT2D eigenvalue weighted by atomic mass is 35.5. The van der Waals surface area contributed by atoms with Gasteiger partial charge in [-0.3, -0.25) is 5.32 Å². The summed E-state index contributed by atoms with van der Waals surface area (Å²) in [4.78, 5) is 11.9. The molecule has 0 atom stereocenters. The number of aromatic nitrogens is 2. The Bertz CT molecular complexity index is 885. The van der Waals surface area contributed by atoms with Gasteiger partial charge in [0.25, 0.3) is 0 Å². The molecule has 0 spiro atoms. The molecule has 3 aromatic rings. The number of hydrogen-bond acceptors (Lipinski definition) is 4. The number of carbonyl (C=O) groups excluding carboxylic acids is 1. The Labute approximate surface area is 150 Å². The summed E-state index contributed by atoms with van der Waals surface area (Å²) in [6.45, 7) is 0. The minimum absolute atomic E-state index is 0.302. The van der Waals surface area contributed by atoms with Crippen molar-refractivity contribution in [3.05, 3.63) is 58.3 Å². The summed E-state index contributed by atoms with van der Waals surface area (Å²) in [5.41, 5.74) is 1.13. The summed E-state index contributed by atoms with van der Waals surface area (Å²) in [5.74, 6) is -0.380. The zero-order chi connectivity index (χ0) is 17.1. The van der Waals surface area contributed by atoms with Gasteiger partial charge in [-0.2, -0.15) is 0 Å². The number of hydrogen-bond donors (Lipinski definition) is 2. The number of anilines is 2. The van der Waals surface area contributed by atoms with E-state index in [9.17, 15) is 9.18 Å². The third-order valence-corrected chi connectivity index (χ3v) is 4.33. The highest BCUT2D eigenvalue weighted by Crippen LogP contribution is 2.33. The van der Waals surface area contributed by atoms with Gasteiger partial charge in [-0.1, -0.05) is 34.5 Å². The molecule has 1 aromatic heterocycles. The molecule has 0 saturated carbocycles. The maximum atomic E-state index is 12.8. The van der Waals surface area contributed by atoms with Gasteiger partial charge in [-0.15, -0.1) is 10.2 Å². The molecule has 0 unspecified atom stereocenters. The molecule has 0 fully saturated rings. The second kappa shape index (κ2) is 7.12. The molecule has 2 aromatic carbocycles. The van der Waals surface area contributed by atoms with E-state index in [1.807, 2.05) is 0 Å². The molecule has 3 rings (SSSR count). The smallest absolute Gasteiger partial charge is 0.308 e. The van der Waals surface area contributed by atoms with Crippen LogP contribution in [0.1, 0.15) is 0 Å². The van der Waals surface area contributed by atoms with E-state index in [4.69, 9.17) is 23.2 Å². The highest BCUT2D eigenvalue weighted by molar-refractivity contribution is 7.18. The number of benzene rings is 2. The summed E-state index contributed by atoms with van der Waals surface area (Å²) in [7, 11) is 0. The Hall–Kier alpha value is -2.22. The first-order valence-corrected chi connectivity index (χ1v) is 8.21. The van der Waals surface area contributed by atoms with Crippen molar-refractivity contribution < 1.29 is 9.18 Å². The normalized spacial score (nSPS) is 10.5. The molecule has 0 saturated heterocycles. The lowest BCUT2D eigenvalue weighted by Crippen LogP contribution is -2.19. The fraction of sp³-hybridized carbons (Fsp3) is 0. The van der Waals surface area contributed by atoms with Crippen LogP contribution in [-0.4, -0.2) is 16.2 Å². The minimum Gasteiger partial charge on any atom is -0.308 e. The van der Waals surface area contributed by atoms with Gasteiger partial charge in [0, 0.05) is 16.3 Å². The van der Waals surface area contributed by atoms with Crippen molar-refractivity contribution in [3.8, 4) is 10.6 Å². The monoisotopic (exact) mass is 382 g/mol. The first kappa shape index (κ1) is 16.6. The second-order valence-electron chi connectivity index (χ2n) is 4.62. The lowest BCUT2D eigenvalue weighted by atomic mass is 10.2. The van der Waals surface area contributed by atoms with Crippen LogP contribution in [0.15, 0.2) is 42.5 Å². The van der Waals surface area contributed by atoms with Crippen molar-refractivity contribution in [1.29, 1.82) is 0 Å². The second-order valence-corrected chi connectivity index (χ2v) is 6.44. The fourth-order valence-corrected chi connectivity index (χ4v) is 3.17. The quantitative estimate of drug-likeness (QED) is 0.645. The van der Waals surface area contributed by atoms with Crippen molar-refractivity contribution >= 4 is 51.4 Å². The number of nitrogens with one attached hydrogen (secondary N) is 2. The maximum absolute atomic E-state index is 12.8. The van der Waals surface area contributed by atoms with Crippen molar-refractivity contribution in [2.75, 3.05) is 10.6 Å². The van der Waals surface area contributed by atoms with Crippen LogP contribution in [-0.2, 0) is 0 Å². The summed E-state index contributed by atoms with van der Waals surface area (Å²) in [6.07, 6.45) is 0. The average Bonchev–Trinajstić information content (AvgIpc) is 2.97. The van der Waals surface area contributed by atoms with E-state index >= 15 is 0 Å². The molecule has 0 radical (unpaired) electrons. The number of carbonyl (C=O) groups is 1. The standard InChI is InChI=1S/C15H9Cl2FN4OS/c16-8-1-6-11(12(17)7-8)13-21-22-15(24-13)20-14(23)19-10-4-2-9(18)3-5-10/h1-7H,(H2,19,20,22,23). The maximum Gasteiger partial charge on any atom is 0.325 e. The fourth-order valence-electron chi connectivity index (χ4n) is 1.84. The lowest BCUT2D eigenvalue weighted by molar-refractivity contribution is 0.262. The molecule has 0 aliphatic heterocycles. The van der Waals surface area contributed by atoms with Crippen LogP contribution in [0.25, 0.3) is 10.6 Å². The summed E-state index contributed by atoms with van der Waals surface area (Å²) in [6, 6.07) is 9.93. The molecule has 9 heteroatoms. The summed E-state index contributed by atoms with van der Waals surface area (Å²) in [5, 5.41) is 14.8. The van der Waals surface area contributed by atoms with Crippen LogP contribution in [0, 0.1) is 5.82 Å². The first-order valence-electron chi connectivity index (χ1n) is 6.64. The van der Waals surface area contributed by atoms with Crippen molar-refractivity contribution in [2.24, 2.45) is 0 Å². The zero-order valence-electron chi connectivity index (χ0n) is 11.9. The molecule has 0 bridgehead atoms. The van der Waals surface area contributed by atoms with Gasteiger partial charge in [0.1, 0.15) is 5.82 Å². The largest absolute Gasteiger partial charge is 0.325 e. The van der Waals surface area contributed by atoms with Crippen molar-refractivity contribution in [2.45, 2.75) is 0 Å². The summed E-state index contributed by atoms with van der Waals surface area (Å²) < 4.78 is 12.8.